The smallest absolute Gasteiger partial charge is 0.338 e. The fourth-order valence-electron chi connectivity index (χ4n) is 1.71. The Balaban J connectivity index is 1.65. The van der Waals surface area contributed by atoms with E-state index in [0.717, 1.165) is 5.69 Å². The zero-order chi connectivity index (χ0) is 14.7. The highest BCUT2D eigenvalue weighted by atomic mass is 16.6. The second kappa shape index (κ2) is 5.53. The van der Waals surface area contributed by atoms with E-state index in [1.54, 1.807) is 48.3 Å². The molecule has 0 amide bonds. The van der Waals surface area contributed by atoms with Crippen molar-refractivity contribution in [3.8, 4) is 5.69 Å². The zero-order valence-electron chi connectivity index (χ0n) is 11.1. The summed E-state index contributed by atoms with van der Waals surface area (Å²) in [4.78, 5) is 15.8. The molecule has 0 saturated heterocycles. The molecule has 0 radical (unpaired) electrons. The van der Waals surface area contributed by atoms with Gasteiger partial charge in [0.25, 0.3) is 5.89 Å². The van der Waals surface area contributed by atoms with Gasteiger partial charge in [-0.05, 0) is 31.2 Å². The molecule has 8 nitrogen and oxygen atoms in total. The lowest BCUT2D eigenvalue weighted by Gasteiger charge is -2.03. The molecule has 2 heterocycles. The molecule has 21 heavy (non-hydrogen) atoms. The third-order valence-electron chi connectivity index (χ3n) is 2.69. The van der Waals surface area contributed by atoms with E-state index in [2.05, 4.69) is 20.5 Å². The van der Waals surface area contributed by atoms with Crippen molar-refractivity contribution in [3.05, 3.63) is 53.9 Å². The largest absolute Gasteiger partial charge is 0.452 e. The average molecular weight is 285 g/mol. The van der Waals surface area contributed by atoms with Crippen LogP contribution in [0, 0.1) is 6.92 Å². The minimum absolute atomic E-state index is 0.0511. The van der Waals surface area contributed by atoms with Gasteiger partial charge in [-0.3, -0.25) is 0 Å². The molecule has 0 unspecified atom stereocenters. The van der Waals surface area contributed by atoms with E-state index in [9.17, 15) is 4.79 Å². The maximum atomic E-state index is 11.9. The summed E-state index contributed by atoms with van der Waals surface area (Å²) in [5.41, 5.74) is 1.23. The van der Waals surface area contributed by atoms with Gasteiger partial charge < -0.3 is 9.26 Å². The summed E-state index contributed by atoms with van der Waals surface area (Å²) < 4.78 is 11.5. The van der Waals surface area contributed by atoms with Gasteiger partial charge in [0.05, 0.1) is 23.6 Å². The average Bonchev–Trinajstić information content (AvgIpc) is 3.16. The van der Waals surface area contributed by atoms with Gasteiger partial charge in [0.15, 0.2) is 12.4 Å². The predicted octanol–water partition coefficient (Wildman–Crippen LogP) is 1.32. The van der Waals surface area contributed by atoms with Crippen molar-refractivity contribution in [2.75, 3.05) is 0 Å². The molecule has 0 N–H and O–H groups in total. The highest BCUT2D eigenvalue weighted by Gasteiger charge is 2.10. The fraction of sp³-hybridized carbons (Fsp3) is 0.154. The summed E-state index contributed by atoms with van der Waals surface area (Å²) in [5.74, 6) is 0.300. The molecular weight excluding hydrogens is 274 g/mol. The number of carbonyl (C=O) groups is 1. The first-order valence-corrected chi connectivity index (χ1v) is 6.15. The number of aryl methyl sites for hydroxylation is 1. The Hall–Kier alpha value is -3.03. The van der Waals surface area contributed by atoms with Crippen molar-refractivity contribution >= 4 is 5.97 Å². The molecule has 0 bridgehead atoms. The van der Waals surface area contributed by atoms with Crippen LogP contribution in [0.3, 0.4) is 0 Å². The number of hydrogen-bond donors (Lipinski definition) is 0. The standard InChI is InChI=1S/C13H11N5O3/c1-9-15-12(21-16-9)8-20-13(19)10-2-4-11(5-3-10)18-7-6-14-17-18/h2-7H,8H2,1H3. The molecule has 0 aliphatic rings. The second-order valence-electron chi connectivity index (χ2n) is 4.21. The van der Waals surface area contributed by atoms with E-state index in [1.807, 2.05) is 0 Å². The number of nitrogens with zero attached hydrogens (tertiary/aromatic N) is 5. The molecule has 0 aliphatic carbocycles. The van der Waals surface area contributed by atoms with Gasteiger partial charge in [-0.15, -0.1) is 5.10 Å². The minimum atomic E-state index is -0.462. The highest BCUT2D eigenvalue weighted by Crippen LogP contribution is 2.10. The summed E-state index contributed by atoms with van der Waals surface area (Å²) in [5, 5.41) is 11.2. The molecule has 106 valence electrons. The maximum absolute atomic E-state index is 11.9. The Morgan fingerprint density at radius 3 is 2.76 bits per heavy atom. The summed E-state index contributed by atoms with van der Waals surface area (Å²) in [6.45, 7) is 1.64. The first-order valence-electron chi connectivity index (χ1n) is 6.15. The van der Waals surface area contributed by atoms with Gasteiger partial charge in [0, 0.05) is 0 Å². The van der Waals surface area contributed by atoms with Gasteiger partial charge in [-0.1, -0.05) is 10.4 Å². The number of rotatable bonds is 4. The van der Waals surface area contributed by atoms with E-state index in [1.165, 1.54) is 0 Å². The van der Waals surface area contributed by atoms with Crippen molar-refractivity contribution in [1.82, 2.24) is 25.1 Å². The predicted molar refractivity (Wildman–Crippen MR) is 69.5 cm³/mol. The van der Waals surface area contributed by atoms with Gasteiger partial charge >= 0.3 is 5.97 Å². The van der Waals surface area contributed by atoms with Crippen molar-refractivity contribution in [2.24, 2.45) is 0 Å². The van der Waals surface area contributed by atoms with E-state index >= 15 is 0 Å². The molecule has 0 fully saturated rings. The van der Waals surface area contributed by atoms with Gasteiger partial charge in [-0.2, -0.15) is 4.98 Å². The van der Waals surface area contributed by atoms with Crippen molar-refractivity contribution in [1.29, 1.82) is 0 Å². The van der Waals surface area contributed by atoms with Crippen LogP contribution < -0.4 is 0 Å². The minimum Gasteiger partial charge on any atom is -0.452 e. The molecule has 0 spiro atoms. The van der Waals surface area contributed by atoms with Crippen molar-refractivity contribution in [2.45, 2.75) is 13.5 Å². The van der Waals surface area contributed by atoms with Crippen LogP contribution in [0.1, 0.15) is 22.1 Å². The molecule has 0 saturated carbocycles. The second-order valence-corrected chi connectivity index (χ2v) is 4.21. The highest BCUT2D eigenvalue weighted by molar-refractivity contribution is 5.89. The van der Waals surface area contributed by atoms with Crippen LogP contribution >= 0.6 is 0 Å². The number of hydrogen-bond acceptors (Lipinski definition) is 7. The summed E-state index contributed by atoms with van der Waals surface area (Å²) in [6.07, 6.45) is 3.29. The van der Waals surface area contributed by atoms with Gasteiger partial charge in [0.2, 0.25) is 0 Å². The normalized spacial score (nSPS) is 10.5. The summed E-state index contributed by atoms with van der Waals surface area (Å²) in [7, 11) is 0. The lowest BCUT2D eigenvalue weighted by Crippen LogP contribution is -2.06. The van der Waals surface area contributed by atoms with Crippen LogP contribution in [0.25, 0.3) is 5.69 Å². The quantitative estimate of drug-likeness (QED) is 0.667. The fourth-order valence-corrected chi connectivity index (χ4v) is 1.71. The Kier molecular flexibility index (Phi) is 3.42. The molecule has 2 aromatic heterocycles. The molecule has 8 heteroatoms. The Bertz CT molecular complexity index is 734. The van der Waals surface area contributed by atoms with Crippen LogP contribution in [0.5, 0.6) is 0 Å². The lowest BCUT2D eigenvalue weighted by molar-refractivity contribution is 0.0430. The number of benzene rings is 1. The lowest BCUT2D eigenvalue weighted by atomic mass is 10.2. The molecule has 0 aliphatic heterocycles. The third-order valence-corrected chi connectivity index (χ3v) is 2.69. The topological polar surface area (TPSA) is 95.9 Å². The van der Waals surface area contributed by atoms with Gasteiger partial charge in [-0.25, -0.2) is 9.48 Å². The maximum Gasteiger partial charge on any atom is 0.338 e. The van der Waals surface area contributed by atoms with Crippen molar-refractivity contribution < 1.29 is 14.1 Å². The number of aromatic nitrogens is 5. The van der Waals surface area contributed by atoms with Crippen LogP contribution in [0.2, 0.25) is 0 Å². The van der Waals surface area contributed by atoms with E-state index < -0.39 is 5.97 Å². The van der Waals surface area contributed by atoms with Crippen LogP contribution in [0.4, 0.5) is 0 Å². The first-order chi connectivity index (χ1) is 10.2. The number of esters is 1. The molecular formula is C13H11N5O3. The van der Waals surface area contributed by atoms with Gasteiger partial charge in [0.1, 0.15) is 0 Å². The number of ether oxygens (including phenoxy) is 1. The molecule has 3 rings (SSSR count). The van der Waals surface area contributed by atoms with Crippen LogP contribution in [0.15, 0.2) is 41.2 Å². The SMILES string of the molecule is Cc1noc(COC(=O)c2ccc(-n3ccnn3)cc2)n1. The Morgan fingerprint density at radius 1 is 1.33 bits per heavy atom. The summed E-state index contributed by atoms with van der Waals surface area (Å²) in [6, 6.07) is 6.81. The van der Waals surface area contributed by atoms with E-state index in [4.69, 9.17) is 9.26 Å². The van der Waals surface area contributed by atoms with Crippen LogP contribution in [-0.4, -0.2) is 31.1 Å². The van der Waals surface area contributed by atoms with E-state index in [0.29, 0.717) is 11.4 Å². The molecule has 1 aromatic carbocycles. The summed E-state index contributed by atoms with van der Waals surface area (Å²) >= 11 is 0. The van der Waals surface area contributed by atoms with Crippen molar-refractivity contribution in [3.63, 3.8) is 0 Å². The molecule has 0 atom stereocenters. The number of carbonyl (C=O) groups excluding carboxylic acids is 1. The third kappa shape index (κ3) is 2.94. The van der Waals surface area contributed by atoms with Crippen LogP contribution in [-0.2, 0) is 11.3 Å². The Morgan fingerprint density at radius 2 is 2.14 bits per heavy atom. The van der Waals surface area contributed by atoms with E-state index in [-0.39, 0.29) is 12.5 Å². The Labute approximate surface area is 119 Å². The first kappa shape index (κ1) is 13.0. The monoisotopic (exact) mass is 285 g/mol. The molecule has 3 aromatic rings. The zero-order valence-corrected chi connectivity index (χ0v) is 11.1.